The van der Waals surface area contributed by atoms with Crippen molar-refractivity contribution in [2.24, 2.45) is 5.73 Å². The molecule has 0 saturated heterocycles. The van der Waals surface area contributed by atoms with Crippen LogP contribution in [0.1, 0.15) is 6.92 Å². The summed E-state index contributed by atoms with van der Waals surface area (Å²) in [5, 5.41) is 2.66. The van der Waals surface area contributed by atoms with Gasteiger partial charge < -0.3 is 20.5 Å². The van der Waals surface area contributed by atoms with E-state index in [1.54, 1.807) is 6.92 Å². The van der Waals surface area contributed by atoms with E-state index in [0.29, 0.717) is 45.1 Å². The lowest BCUT2D eigenvalue weighted by atomic mass is 10.3. The van der Waals surface area contributed by atoms with Crippen molar-refractivity contribution in [1.29, 1.82) is 0 Å². The Hall–Kier alpha value is -0.910. The Kier molecular flexibility index (Phi) is 9.05. The first-order valence-corrected chi connectivity index (χ1v) is 4.97. The fraction of sp³-hybridized carbons (Fsp3) is 0.700. The number of carbonyl (C=O) groups excluding carboxylic acids is 1. The van der Waals surface area contributed by atoms with Crippen LogP contribution in [0.25, 0.3) is 0 Å². The summed E-state index contributed by atoms with van der Waals surface area (Å²) in [6.45, 7) is 8.27. The number of ether oxygens (including phenoxy) is 2. The molecule has 0 aromatic heterocycles. The van der Waals surface area contributed by atoms with Crippen molar-refractivity contribution in [1.82, 2.24) is 5.32 Å². The summed E-state index contributed by atoms with van der Waals surface area (Å²) in [7, 11) is 0. The summed E-state index contributed by atoms with van der Waals surface area (Å²) in [6.07, 6.45) is 0. The highest BCUT2D eigenvalue weighted by molar-refractivity contribution is 5.91. The van der Waals surface area contributed by atoms with Gasteiger partial charge in [-0.05, 0) is 6.92 Å². The van der Waals surface area contributed by atoms with Gasteiger partial charge in [0.05, 0.1) is 26.4 Å². The van der Waals surface area contributed by atoms with E-state index in [2.05, 4.69) is 11.9 Å². The molecule has 0 fully saturated rings. The maximum absolute atomic E-state index is 11.0. The Morgan fingerprint density at radius 3 is 2.40 bits per heavy atom. The van der Waals surface area contributed by atoms with E-state index >= 15 is 0 Å². The van der Waals surface area contributed by atoms with E-state index in [4.69, 9.17) is 15.2 Å². The van der Waals surface area contributed by atoms with Crippen LogP contribution in [0.15, 0.2) is 12.2 Å². The molecule has 0 rings (SSSR count). The van der Waals surface area contributed by atoms with Crippen LogP contribution in [0.3, 0.4) is 0 Å². The van der Waals surface area contributed by atoms with E-state index in [0.717, 1.165) is 0 Å². The Labute approximate surface area is 90.6 Å². The summed E-state index contributed by atoms with van der Waals surface area (Å²) in [5.74, 6) is -0.141. The Balaban J connectivity index is 3.11. The van der Waals surface area contributed by atoms with E-state index in [1.165, 1.54) is 0 Å². The first-order valence-electron chi connectivity index (χ1n) is 4.97. The highest BCUT2D eigenvalue weighted by Gasteiger charge is 1.98. The van der Waals surface area contributed by atoms with Crippen molar-refractivity contribution in [3.63, 3.8) is 0 Å². The van der Waals surface area contributed by atoms with Crippen LogP contribution >= 0.6 is 0 Å². The summed E-state index contributed by atoms with van der Waals surface area (Å²) in [6, 6.07) is 0. The molecule has 88 valence electrons. The zero-order chi connectivity index (χ0) is 11.5. The molecule has 0 aromatic rings. The van der Waals surface area contributed by atoms with Crippen molar-refractivity contribution in [2.45, 2.75) is 6.92 Å². The minimum Gasteiger partial charge on any atom is -0.378 e. The minimum atomic E-state index is -0.141. The van der Waals surface area contributed by atoms with Gasteiger partial charge in [-0.25, -0.2) is 0 Å². The average molecular weight is 216 g/mol. The largest absolute Gasteiger partial charge is 0.378 e. The molecular weight excluding hydrogens is 196 g/mol. The first kappa shape index (κ1) is 14.1. The second-order valence-electron chi connectivity index (χ2n) is 3.05. The van der Waals surface area contributed by atoms with Crippen molar-refractivity contribution < 1.29 is 14.3 Å². The number of hydrogen-bond acceptors (Lipinski definition) is 4. The number of rotatable bonds is 9. The molecule has 0 unspecified atom stereocenters. The zero-order valence-corrected chi connectivity index (χ0v) is 9.25. The number of nitrogens with one attached hydrogen (secondary N) is 1. The van der Waals surface area contributed by atoms with E-state index < -0.39 is 0 Å². The molecule has 5 nitrogen and oxygen atoms in total. The lowest BCUT2D eigenvalue weighted by Gasteiger charge is -2.06. The van der Waals surface area contributed by atoms with Gasteiger partial charge in [0.25, 0.3) is 0 Å². The number of hydrogen-bond donors (Lipinski definition) is 2. The van der Waals surface area contributed by atoms with Gasteiger partial charge >= 0.3 is 0 Å². The molecule has 0 aliphatic carbocycles. The monoisotopic (exact) mass is 216 g/mol. The molecule has 0 saturated carbocycles. The van der Waals surface area contributed by atoms with Crippen molar-refractivity contribution >= 4 is 5.91 Å². The smallest absolute Gasteiger partial charge is 0.246 e. The van der Waals surface area contributed by atoms with Gasteiger partial charge in [0, 0.05) is 18.7 Å². The highest BCUT2D eigenvalue weighted by Crippen LogP contribution is 1.84. The average Bonchev–Trinajstić information content (AvgIpc) is 2.21. The maximum atomic E-state index is 11.0. The molecule has 0 radical (unpaired) electrons. The third-order valence-electron chi connectivity index (χ3n) is 1.55. The molecule has 0 aliphatic rings. The van der Waals surface area contributed by atoms with Gasteiger partial charge in [-0.1, -0.05) is 6.58 Å². The van der Waals surface area contributed by atoms with Crippen LogP contribution in [-0.2, 0) is 14.3 Å². The summed E-state index contributed by atoms with van der Waals surface area (Å²) in [5.41, 5.74) is 5.73. The quantitative estimate of drug-likeness (QED) is 0.409. The fourth-order valence-corrected chi connectivity index (χ4v) is 0.793. The topological polar surface area (TPSA) is 73.6 Å². The van der Waals surface area contributed by atoms with Gasteiger partial charge in [-0.15, -0.1) is 0 Å². The van der Waals surface area contributed by atoms with Crippen molar-refractivity contribution in [3.8, 4) is 0 Å². The number of amides is 1. The predicted molar refractivity (Wildman–Crippen MR) is 58.5 cm³/mol. The minimum absolute atomic E-state index is 0.141. The van der Waals surface area contributed by atoms with Crippen molar-refractivity contribution in [3.05, 3.63) is 12.2 Å². The summed E-state index contributed by atoms with van der Waals surface area (Å²) in [4.78, 5) is 11.0. The van der Waals surface area contributed by atoms with Crippen LogP contribution < -0.4 is 11.1 Å². The Morgan fingerprint density at radius 1 is 1.27 bits per heavy atom. The first-order chi connectivity index (χ1) is 7.18. The van der Waals surface area contributed by atoms with E-state index in [9.17, 15) is 4.79 Å². The van der Waals surface area contributed by atoms with Crippen LogP contribution in [0.5, 0.6) is 0 Å². The van der Waals surface area contributed by atoms with Gasteiger partial charge in [0.1, 0.15) is 0 Å². The molecule has 0 aliphatic heterocycles. The third-order valence-corrected chi connectivity index (χ3v) is 1.55. The van der Waals surface area contributed by atoms with E-state index in [-0.39, 0.29) is 5.91 Å². The third kappa shape index (κ3) is 9.40. The predicted octanol–water partition coefficient (Wildman–Crippen LogP) is -0.329. The lowest BCUT2D eigenvalue weighted by Crippen LogP contribution is -2.27. The molecule has 0 atom stereocenters. The molecule has 0 aromatic carbocycles. The number of nitrogens with two attached hydrogens (primary N) is 1. The summed E-state index contributed by atoms with van der Waals surface area (Å²) >= 11 is 0. The van der Waals surface area contributed by atoms with Crippen LogP contribution in [0.4, 0.5) is 0 Å². The Morgan fingerprint density at radius 2 is 1.87 bits per heavy atom. The zero-order valence-electron chi connectivity index (χ0n) is 9.25. The lowest BCUT2D eigenvalue weighted by molar-refractivity contribution is -0.117. The van der Waals surface area contributed by atoms with Gasteiger partial charge in [-0.2, -0.15) is 0 Å². The normalized spacial score (nSPS) is 10.0. The molecule has 0 bridgehead atoms. The van der Waals surface area contributed by atoms with Crippen molar-refractivity contribution in [2.75, 3.05) is 39.5 Å². The Bertz CT molecular complexity index is 195. The van der Waals surface area contributed by atoms with Crippen LogP contribution in [-0.4, -0.2) is 45.4 Å². The molecule has 3 N–H and O–H groups in total. The fourth-order valence-electron chi connectivity index (χ4n) is 0.793. The molecule has 1 amide bonds. The van der Waals surface area contributed by atoms with Gasteiger partial charge in [0.15, 0.2) is 0 Å². The standard InChI is InChI=1S/C10H20N2O3/c1-9(2)10(13)12-4-6-15-8-7-14-5-3-11/h1,3-8,11H2,2H3,(H,12,13). The highest BCUT2D eigenvalue weighted by atomic mass is 16.5. The van der Waals surface area contributed by atoms with Gasteiger partial charge in [-0.3, -0.25) is 4.79 Å². The molecule has 5 heteroatoms. The van der Waals surface area contributed by atoms with Crippen LogP contribution in [0.2, 0.25) is 0 Å². The number of carbonyl (C=O) groups is 1. The molecule has 0 heterocycles. The molecule has 15 heavy (non-hydrogen) atoms. The SMILES string of the molecule is C=C(C)C(=O)NCCOCCOCCN. The summed E-state index contributed by atoms with van der Waals surface area (Å²) < 4.78 is 10.3. The molecule has 0 spiro atoms. The van der Waals surface area contributed by atoms with E-state index in [1.807, 2.05) is 0 Å². The van der Waals surface area contributed by atoms with Crippen LogP contribution in [0, 0.1) is 0 Å². The molecular formula is C10H20N2O3. The second-order valence-corrected chi connectivity index (χ2v) is 3.05. The maximum Gasteiger partial charge on any atom is 0.246 e. The second kappa shape index (κ2) is 9.64. The van der Waals surface area contributed by atoms with Gasteiger partial charge in [0.2, 0.25) is 5.91 Å².